The van der Waals surface area contributed by atoms with Gasteiger partial charge in [0, 0.05) is 25.6 Å². The first-order chi connectivity index (χ1) is 7.69. The first kappa shape index (κ1) is 16.5. The van der Waals surface area contributed by atoms with Crippen molar-refractivity contribution in [1.82, 2.24) is 10.2 Å². The monoisotopic (exact) mass is 354 g/mol. The molecule has 1 saturated carbocycles. The number of guanidine groups is 1. The van der Waals surface area contributed by atoms with E-state index in [1.807, 2.05) is 18.7 Å². The summed E-state index contributed by atoms with van der Waals surface area (Å²) < 4.78 is 0. The van der Waals surface area contributed by atoms with Gasteiger partial charge in [-0.1, -0.05) is 0 Å². The fourth-order valence-electron chi connectivity index (χ4n) is 1.49. The Balaban J connectivity index is 0.00000256. The molecule has 0 unspecified atom stereocenters. The topological polar surface area (TPSA) is 70.7 Å². The lowest BCUT2D eigenvalue weighted by Crippen LogP contribution is -2.37. The predicted molar refractivity (Wildman–Crippen MR) is 80.6 cm³/mol. The summed E-state index contributed by atoms with van der Waals surface area (Å²) in [6.45, 7) is 6.94. The number of nitrogens with two attached hydrogens (primary N) is 1. The van der Waals surface area contributed by atoms with Crippen molar-refractivity contribution in [3.63, 3.8) is 0 Å². The van der Waals surface area contributed by atoms with Crippen molar-refractivity contribution in [1.29, 1.82) is 0 Å². The third-order valence-electron chi connectivity index (χ3n) is 2.72. The Morgan fingerprint density at radius 3 is 2.47 bits per heavy atom. The van der Waals surface area contributed by atoms with Crippen LogP contribution in [0.1, 0.15) is 26.7 Å². The summed E-state index contributed by atoms with van der Waals surface area (Å²) in [5, 5.41) is 2.85. The average Bonchev–Trinajstić information content (AvgIpc) is 3.09. The first-order valence-electron chi connectivity index (χ1n) is 6.01. The van der Waals surface area contributed by atoms with E-state index in [4.69, 9.17) is 5.73 Å². The van der Waals surface area contributed by atoms with E-state index in [0.717, 1.165) is 25.9 Å². The molecule has 0 saturated heterocycles. The Hall–Kier alpha value is -0.530. The Morgan fingerprint density at radius 1 is 1.41 bits per heavy atom. The standard InChI is InChI=1S/C11H22N4O.HI/c1-3-15(4-2)11(12)14-8-7-13-10(16)9-5-6-9;/h9H,3-8H2,1-2H3,(H2,12,14)(H,13,16);1H. The molecule has 0 aromatic carbocycles. The number of carbonyl (C=O) groups is 1. The molecule has 1 fully saturated rings. The first-order valence-corrected chi connectivity index (χ1v) is 6.01. The van der Waals surface area contributed by atoms with E-state index >= 15 is 0 Å². The van der Waals surface area contributed by atoms with E-state index in [2.05, 4.69) is 10.3 Å². The van der Waals surface area contributed by atoms with Gasteiger partial charge in [0.25, 0.3) is 0 Å². The van der Waals surface area contributed by atoms with Crippen LogP contribution in [-0.4, -0.2) is 42.9 Å². The SMILES string of the molecule is CCN(CC)C(N)=NCCNC(=O)C1CC1.I. The van der Waals surface area contributed by atoms with Crippen LogP contribution in [0, 0.1) is 5.92 Å². The molecule has 1 rings (SSSR count). The van der Waals surface area contributed by atoms with E-state index < -0.39 is 0 Å². The molecule has 17 heavy (non-hydrogen) atoms. The van der Waals surface area contributed by atoms with Crippen molar-refractivity contribution < 1.29 is 4.79 Å². The number of nitrogens with one attached hydrogen (secondary N) is 1. The number of amides is 1. The summed E-state index contributed by atoms with van der Waals surface area (Å²) in [5.41, 5.74) is 5.79. The molecule has 0 heterocycles. The summed E-state index contributed by atoms with van der Waals surface area (Å²) in [4.78, 5) is 17.5. The fourth-order valence-corrected chi connectivity index (χ4v) is 1.49. The second kappa shape index (κ2) is 8.54. The summed E-state index contributed by atoms with van der Waals surface area (Å²) in [5.74, 6) is 0.992. The maximum atomic E-state index is 11.3. The predicted octanol–water partition coefficient (Wildman–Crippen LogP) is 0.787. The lowest BCUT2D eigenvalue weighted by atomic mass is 10.4. The minimum Gasteiger partial charge on any atom is -0.370 e. The van der Waals surface area contributed by atoms with Gasteiger partial charge in [0.05, 0.1) is 6.54 Å². The minimum absolute atomic E-state index is 0. The van der Waals surface area contributed by atoms with Gasteiger partial charge in [-0.25, -0.2) is 0 Å². The molecule has 0 aromatic rings. The van der Waals surface area contributed by atoms with Gasteiger partial charge in [0.1, 0.15) is 0 Å². The summed E-state index contributed by atoms with van der Waals surface area (Å²) in [7, 11) is 0. The van der Waals surface area contributed by atoms with Crippen molar-refractivity contribution in [3.8, 4) is 0 Å². The van der Waals surface area contributed by atoms with Gasteiger partial charge in [-0.3, -0.25) is 9.79 Å². The highest BCUT2D eigenvalue weighted by Gasteiger charge is 2.28. The van der Waals surface area contributed by atoms with E-state index in [0.29, 0.717) is 19.0 Å². The molecule has 6 heteroatoms. The second-order valence-electron chi connectivity index (χ2n) is 3.98. The molecular weight excluding hydrogens is 331 g/mol. The number of rotatable bonds is 6. The maximum Gasteiger partial charge on any atom is 0.223 e. The van der Waals surface area contributed by atoms with Gasteiger partial charge in [-0.05, 0) is 26.7 Å². The lowest BCUT2D eigenvalue weighted by Gasteiger charge is -2.19. The number of hydrogen-bond donors (Lipinski definition) is 2. The van der Waals surface area contributed by atoms with Crippen molar-refractivity contribution in [2.75, 3.05) is 26.2 Å². The lowest BCUT2D eigenvalue weighted by molar-refractivity contribution is -0.122. The van der Waals surface area contributed by atoms with Crippen LogP contribution in [0.15, 0.2) is 4.99 Å². The second-order valence-corrected chi connectivity index (χ2v) is 3.98. The molecule has 3 N–H and O–H groups in total. The summed E-state index contributed by atoms with van der Waals surface area (Å²) in [6.07, 6.45) is 2.08. The molecule has 0 aliphatic heterocycles. The highest BCUT2D eigenvalue weighted by atomic mass is 127. The molecule has 0 radical (unpaired) electrons. The van der Waals surface area contributed by atoms with Gasteiger partial charge < -0.3 is 16.0 Å². The molecule has 1 aliphatic rings. The van der Waals surface area contributed by atoms with Crippen molar-refractivity contribution in [3.05, 3.63) is 0 Å². The maximum absolute atomic E-state index is 11.3. The highest BCUT2D eigenvalue weighted by Crippen LogP contribution is 2.28. The van der Waals surface area contributed by atoms with Gasteiger partial charge in [0.15, 0.2) is 5.96 Å². The van der Waals surface area contributed by atoms with E-state index in [9.17, 15) is 4.79 Å². The third-order valence-corrected chi connectivity index (χ3v) is 2.72. The number of carbonyl (C=O) groups excluding carboxylic acids is 1. The van der Waals surface area contributed by atoms with Gasteiger partial charge in [-0.2, -0.15) is 0 Å². The zero-order valence-corrected chi connectivity index (χ0v) is 12.9. The zero-order valence-electron chi connectivity index (χ0n) is 10.6. The molecule has 1 aliphatic carbocycles. The Bertz CT molecular complexity index is 262. The van der Waals surface area contributed by atoms with Crippen LogP contribution in [0.5, 0.6) is 0 Å². The van der Waals surface area contributed by atoms with Crippen LogP contribution in [-0.2, 0) is 4.79 Å². The molecule has 0 atom stereocenters. The fraction of sp³-hybridized carbons (Fsp3) is 0.818. The van der Waals surface area contributed by atoms with E-state index in [-0.39, 0.29) is 35.8 Å². The quantitative estimate of drug-likeness (QED) is 0.321. The number of halogens is 1. The molecule has 0 spiro atoms. The van der Waals surface area contributed by atoms with Gasteiger partial charge in [0.2, 0.25) is 5.91 Å². The largest absolute Gasteiger partial charge is 0.370 e. The Labute approximate surface area is 120 Å². The molecular formula is C11H23IN4O. The third kappa shape index (κ3) is 6.09. The van der Waals surface area contributed by atoms with Crippen molar-refractivity contribution >= 4 is 35.8 Å². The molecule has 1 amide bonds. The Kier molecular flexibility index (Phi) is 8.28. The Morgan fingerprint density at radius 2 is 2.00 bits per heavy atom. The van der Waals surface area contributed by atoms with Crippen LogP contribution in [0.3, 0.4) is 0 Å². The van der Waals surface area contributed by atoms with Gasteiger partial charge in [-0.15, -0.1) is 24.0 Å². The summed E-state index contributed by atoms with van der Waals surface area (Å²) in [6, 6.07) is 0. The van der Waals surface area contributed by atoms with Crippen LogP contribution in [0.25, 0.3) is 0 Å². The number of aliphatic imine (C=N–C) groups is 1. The number of hydrogen-bond acceptors (Lipinski definition) is 2. The molecule has 0 bridgehead atoms. The smallest absolute Gasteiger partial charge is 0.223 e. The highest BCUT2D eigenvalue weighted by molar-refractivity contribution is 14.0. The van der Waals surface area contributed by atoms with Crippen LogP contribution in [0.4, 0.5) is 0 Å². The van der Waals surface area contributed by atoms with Crippen LogP contribution < -0.4 is 11.1 Å². The van der Waals surface area contributed by atoms with E-state index in [1.165, 1.54) is 0 Å². The molecule has 0 aromatic heterocycles. The number of nitrogens with zero attached hydrogens (tertiary/aromatic N) is 2. The average molecular weight is 354 g/mol. The van der Waals surface area contributed by atoms with Crippen molar-refractivity contribution in [2.45, 2.75) is 26.7 Å². The molecule has 5 nitrogen and oxygen atoms in total. The molecule has 100 valence electrons. The normalized spacial score (nSPS) is 15.1. The zero-order chi connectivity index (χ0) is 12.0. The minimum atomic E-state index is 0. The summed E-state index contributed by atoms with van der Waals surface area (Å²) >= 11 is 0. The van der Waals surface area contributed by atoms with Crippen LogP contribution in [0.2, 0.25) is 0 Å². The van der Waals surface area contributed by atoms with Gasteiger partial charge >= 0.3 is 0 Å². The van der Waals surface area contributed by atoms with E-state index in [1.54, 1.807) is 0 Å². The van der Waals surface area contributed by atoms with Crippen molar-refractivity contribution in [2.24, 2.45) is 16.6 Å². The van der Waals surface area contributed by atoms with Crippen LogP contribution >= 0.6 is 24.0 Å².